The summed E-state index contributed by atoms with van der Waals surface area (Å²) < 4.78 is 40.7. The Labute approximate surface area is 106 Å². The third-order valence-electron chi connectivity index (χ3n) is 2.84. The van der Waals surface area contributed by atoms with Gasteiger partial charge >= 0.3 is 6.18 Å². The van der Waals surface area contributed by atoms with Crippen LogP contribution in [-0.2, 0) is 7.05 Å². The van der Waals surface area contributed by atoms with Gasteiger partial charge in [-0.3, -0.25) is 9.25 Å². The lowest BCUT2D eigenvalue weighted by Gasteiger charge is -2.16. The summed E-state index contributed by atoms with van der Waals surface area (Å²) in [4.78, 5) is 2.91. The van der Waals surface area contributed by atoms with Gasteiger partial charge in [-0.25, -0.2) is 0 Å². The minimum absolute atomic E-state index is 0.290. The molecule has 0 fully saturated rings. The highest BCUT2D eigenvalue weighted by Crippen LogP contribution is 2.30. The molecule has 0 spiro atoms. The molecule has 1 N–H and O–H groups in total. The van der Waals surface area contributed by atoms with Crippen LogP contribution >= 0.6 is 12.2 Å². The average molecular weight is 278 g/mol. The molecule has 0 saturated heterocycles. The molecule has 1 atom stereocenters. The summed E-state index contributed by atoms with van der Waals surface area (Å²) in [5, 5.41) is 4.17. The molecule has 0 aliphatic carbocycles. The van der Waals surface area contributed by atoms with E-state index in [1.165, 1.54) is 11.5 Å². The molecule has 0 saturated carbocycles. The number of imidazole rings is 1. The first-order valence-electron chi connectivity index (χ1n) is 5.41. The Bertz CT molecular complexity index is 634. The first-order valence-corrected chi connectivity index (χ1v) is 5.82. The van der Waals surface area contributed by atoms with E-state index in [2.05, 4.69) is 10.1 Å². The van der Waals surface area contributed by atoms with E-state index in [1.807, 2.05) is 0 Å². The van der Waals surface area contributed by atoms with Crippen LogP contribution in [0.1, 0.15) is 25.1 Å². The second-order valence-electron chi connectivity index (χ2n) is 4.38. The molecule has 0 aliphatic rings. The molecule has 0 bridgehead atoms. The van der Waals surface area contributed by atoms with E-state index in [9.17, 15) is 13.2 Å². The number of aromatic amines is 1. The maximum Gasteiger partial charge on any atom is 0.391 e. The first kappa shape index (κ1) is 13.1. The van der Waals surface area contributed by atoms with Crippen LogP contribution < -0.4 is 0 Å². The van der Waals surface area contributed by atoms with Gasteiger partial charge in [0.2, 0.25) is 0 Å². The summed E-state index contributed by atoms with van der Waals surface area (Å²) in [7, 11) is 1.69. The number of H-pyrrole nitrogens is 1. The Morgan fingerprint density at radius 1 is 1.44 bits per heavy atom. The molecule has 4 nitrogen and oxygen atoms in total. The minimum atomic E-state index is -4.22. The SMILES string of the molecule is Cc1nn(C)c2c1[nH]c(=S)n2C(C)CC(F)(F)F. The van der Waals surface area contributed by atoms with Gasteiger partial charge in [0.25, 0.3) is 0 Å². The maximum atomic E-state index is 12.5. The second kappa shape index (κ2) is 4.11. The van der Waals surface area contributed by atoms with Crippen LogP contribution in [-0.4, -0.2) is 25.5 Å². The van der Waals surface area contributed by atoms with Crippen molar-refractivity contribution in [3.05, 3.63) is 10.5 Å². The number of alkyl halides is 3. The van der Waals surface area contributed by atoms with E-state index in [1.54, 1.807) is 18.7 Å². The van der Waals surface area contributed by atoms with Gasteiger partial charge in [-0.15, -0.1) is 0 Å². The van der Waals surface area contributed by atoms with E-state index in [0.29, 0.717) is 11.2 Å². The lowest BCUT2D eigenvalue weighted by atomic mass is 10.2. The van der Waals surface area contributed by atoms with Crippen LogP contribution in [0.15, 0.2) is 0 Å². The Kier molecular flexibility index (Phi) is 3.00. The molecule has 2 aromatic rings. The van der Waals surface area contributed by atoms with Crippen LogP contribution in [0, 0.1) is 11.7 Å². The maximum absolute atomic E-state index is 12.5. The van der Waals surface area contributed by atoms with Crippen molar-refractivity contribution in [2.45, 2.75) is 32.5 Å². The van der Waals surface area contributed by atoms with Crippen molar-refractivity contribution in [1.82, 2.24) is 19.3 Å². The summed E-state index contributed by atoms with van der Waals surface area (Å²) in [6.07, 6.45) is -5.14. The summed E-state index contributed by atoms with van der Waals surface area (Å²) >= 11 is 5.09. The zero-order valence-corrected chi connectivity index (χ0v) is 11.0. The van der Waals surface area contributed by atoms with Crippen molar-refractivity contribution in [2.24, 2.45) is 7.05 Å². The number of halogens is 3. The highest BCUT2D eigenvalue weighted by Gasteiger charge is 2.32. The van der Waals surface area contributed by atoms with Crippen molar-refractivity contribution >= 4 is 23.4 Å². The molecule has 100 valence electrons. The smallest absolute Gasteiger partial charge is 0.328 e. The number of rotatable bonds is 2. The number of fused-ring (bicyclic) bond motifs is 1. The Morgan fingerprint density at radius 3 is 2.61 bits per heavy atom. The monoisotopic (exact) mass is 278 g/mol. The van der Waals surface area contributed by atoms with Gasteiger partial charge in [0.15, 0.2) is 10.4 Å². The van der Waals surface area contributed by atoms with Gasteiger partial charge < -0.3 is 4.98 Å². The van der Waals surface area contributed by atoms with Crippen molar-refractivity contribution in [1.29, 1.82) is 0 Å². The fourth-order valence-corrected chi connectivity index (χ4v) is 2.54. The molecule has 1 unspecified atom stereocenters. The standard InChI is InChI=1S/C10H13F3N4S/c1-5(4-10(11,12)13)17-8-7(14-9(17)18)6(2)15-16(8)3/h5H,4H2,1-3H3,(H,14,18). The summed E-state index contributed by atoms with van der Waals surface area (Å²) in [5.74, 6) is 0. The van der Waals surface area contributed by atoms with Crippen molar-refractivity contribution in [2.75, 3.05) is 0 Å². The summed E-state index contributed by atoms with van der Waals surface area (Å²) in [5.41, 5.74) is 2.00. The topological polar surface area (TPSA) is 38.5 Å². The lowest BCUT2D eigenvalue weighted by Crippen LogP contribution is -2.17. The fourth-order valence-electron chi connectivity index (χ4n) is 2.17. The number of nitrogens with zero attached hydrogens (tertiary/aromatic N) is 3. The van der Waals surface area contributed by atoms with Gasteiger partial charge in [0.05, 0.1) is 12.1 Å². The zero-order valence-electron chi connectivity index (χ0n) is 10.2. The number of aromatic nitrogens is 4. The first-order chi connectivity index (χ1) is 8.20. The van der Waals surface area contributed by atoms with Crippen molar-refractivity contribution in [3.63, 3.8) is 0 Å². The van der Waals surface area contributed by atoms with Crippen LogP contribution in [0.5, 0.6) is 0 Å². The third kappa shape index (κ3) is 2.16. The average Bonchev–Trinajstić information content (AvgIpc) is 2.63. The summed E-state index contributed by atoms with van der Waals surface area (Å²) in [6.45, 7) is 3.28. The van der Waals surface area contributed by atoms with E-state index in [-0.39, 0.29) is 4.77 Å². The molecule has 0 aliphatic heterocycles. The minimum Gasteiger partial charge on any atom is -0.328 e. The van der Waals surface area contributed by atoms with Crippen LogP contribution in [0.25, 0.3) is 11.2 Å². The van der Waals surface area contributed by atoms with Gasteiger partial charge in [0.1, 0.15) is 5.52 Å². The van der Waals surface area contributed by atoms with Crippen molar-refractivity contribution in [3.8, 4) is 0 Å². The predicted molar refractivity (Wildman–Crippen MR) is 64.0 cm³/mol. The van der Waals surface area contributed by atoms with E-state index in [4.69, 9.17) is 12.2 Å². The number of aryl methyl sites for hydroxylation is 2. The largest absolute Gasteiger partial charge is 0.391 e. The van der Waals surface area contributed by atoms with Gasteiger partial charge in [-0.1, -0.05) is 0 Å². The van der Waals surface area contributed by atoms with Crippen molar-refractivity contribution < 1.29 is 13.2 Å². The lowest BCUT2D eigenvalue weighted by molar-refractivity contribution is -0.141. The Balaban J connectivity index is 2.57. The molecule has 2 heterocycles. The molecule has 0 amide bonds. The molecule has 18 heavy (non-hydrogen) atoms. The van der Waals surface area contributed by atoms with Gasteiger partial charge in [-0.2, -0.15) is 18.3 Å². The molecule has 0 radical (unpaired) electrons. The number of hydrogen-bond acceptors (Lipinski definition) is 2. The highest BCUT2D eigenvalue weighted by atomic mass is 32.1. The fraction of sp³-hybridized carbons (Fsp3) is 0.600. The van der Waals surface area contributed by atoms with Crippen LogP contribution in [0.4, 0.5) is 13.2 Å². The van der Waals surface area contributed by atoms with E-state index in [0.717, 1.165) is 5.69 Å². The molecular formula is C10H13F3N4S. The van der Waals surface area contributed by atoms with Crippen LogP contribution in [0.2, 0.25) is 0 Å². The normalized spacial score (nSPS) is 14.3. The highest BCUT2D eigenvalue weighted by molar-refractivity contribution is 7.71. The predicted octanol–water partition coefficient (Wildman–Crippen LogP) is 3.25. The van der Waals surface area contributed by atoms with Crippen LogP contribution in [0.3, 0.4) is 0 Å². The molecule has 0 aromatic carbocycles. The Hall–Kier alpha value is -1.31. The quantitative estimate of drug-likeness (QED) is 0.856. The van der Waals surface area contributed by atoms with Gasteiger partial charge in [0, 0.05) is 13.1 Å². The number of nitrogens with one attached hydrogen (secondary N) is 1. The molecule has 2 rings (SSSR count). The second-order valence-corrected chi connectivity index (χ2v) is 4.76. The van der Waals surface area contributed by atoms with E-state index >= 15 is 0 Å². The van der Waals surface area contributed by atoms with Gasteiger partial charge in [-0.05, 0) is 26.1 Å². The molecule has 8 heteroatoms. The Morgan fingerprint density at radius 2 is 2.06 bits per heavy atom. The molecular weight excluding hydrogens is 265 g/mol. The summed E-state index contributed by atoms with van der Waals surface area (Å²) in [6, 6.07) is -0.763. The van der Waals surface area contributed by atoms with E-state index < -0.39 is 18.6 Å². The third-order valence-corrected chi connectivity index (χ3v) is 3.14. The number of hydrogen-bond donors (Lipinski definition) is 1. The molecule has 2 aromatic heterocycles. The zero-order chi connectivity index (χ0) is 13.7.